The molecule has 0 amide bonds. The van der Waals surface area contributed by atoms with Gasteiger partial charge in [-0.3, -0.25) is 5.84 Å². The van der Waals surface area contributed by atoms with Gasteiger partial charge in [-0.1, -0.05) is 37.6 Å². The standard InChI is InChI=1S/C15H20N2O/c1-3-4-12-6-8-13(9-7-12)15(17-16)14-10-5-11(2)18-14/h5-10,15,17H,3-4,16H2,1-2H3. The second-order valence-corrected chi connectivity index (χ2v) is 4.54. The van der Waals surface area contributed by atoms with Crippen LogP contribution in [0.25, 0.3) is 0 Å². The fourth-order valence-electron chi connectivity index (χ4n) is 2.12. The van der Waals surface area contributed by atoms with Crippen LogP contribution in [0.15, 0.2) is 40.8 Å². The van der Waals surface area contributed by atoms with E-state index in [2.05, 4.69) is 36.6 Å². The van der Waals surface area contributed by atoms with Crippen molar-refractivity contribution in [3.63, 3.8) is 0 Å². The molecule has 0 fully saturated rings. The Bertz CT molecular complexity index is 487. The van der Waals surface area contributed by atoms with Gasteiger partial charge in [-0.25, -0.2) is 5.43 Å². The second kappa shape index (κ2) is 5.85. The SMILES string of the molecule is CCCc1ccc(C(NN)c2ccc(C)o2)cc1. The molecule has 2 rings (SSSR count). The van der Waals surface area contributed by atoms with Crippen molar-refractivity contribution in [1.29, 1.82) is 0 Å². The summed E-state index contributed by atoms with van der Waals surface area (Å²) in [5.74, 6) is 7.37. The molecule has 0 radical (unpaired) electrons. The Morgan fingerprint density at radius 1 is 1.17 bits per heavy atom. The van der Waals surface area contributed by atoms with Crippen molar-refractivity contribution in [3.05, 3.63) is 59.0 Å². The van der Waals surface area contributed by atoms with E-state index in [-0.39, 0.29) is 6.04 Å². The number of hydrogen-bond donors (Lipinski definition) is 2. The number of hydrazine groups is 1. The first-order valence-corrected chi connectivity index (χ1v) is 6.36. The lowest BCUT2D eigenvalue weighted by molar-refractivity contribution is 0.435. The number of rotatable bonds is 5. The molecule has 0 aliphatic rings. The van der Waals surface area contributed by atoms with E-state index in [0.29, 0.717) is 0 Å². The van der Waals surface area contributed by atoms with Crippen LogP contribution in [0.1, 0.15) is 42.0 Å². The predicted octanol–water partition coefficient (Wildman–Crippen LogP) is 3.09. The maximum Gasteiger partial charge on any atom is 0.126 e. The van der Waals surface area contributed by atoms with Crippen LogP contribution >= 0.6 is 0 Å². The molecular formula is C15H20N2O. The summed E-state index contributed by atoms with van der Waals surface area (Å²) in [5.41, 5.74) is 5.28. The van der Waals surface area contributed by atoms with Crippen molar-refractivity contribution >= 4 is 0 Å². The number of nitrogens with two attached hydrogens (primary N) is 1. The minimum absolute atomic E-state index is 0.0885. The minimum Gasteiger partial charge on any atom is -0.464 e. The number of hydrogen-bond acceptors (Lipinski definition) is 3. The third-order valence-electron chi connectivity index (χ3n) is 3.06. The van der Waals surface area contributed by atoms with Gasteiger partial charge in [0.05, 0.1) is 0 Å². The molecule has 1 unspecified atom stereocenters. The normalized spacial score (nSPS) is 12.6. The number of benzene rings is 1. The summed E-state index contributed by atoms with van der Waals surface area (Å²) in [6.07, 6.45) is 2.27. The molecule has 0 spiro atoms. The van der Waals surface area contributed by atoms with Crippen LogP contribution in [0, 0.1) is 6.92 Å². The van der Waals surface area contributed by atoms with Gasteiger partial charge >= 0.3 is 0 Å². The van der Waals surface area contributed by atoms with E-state index in [0.717, 1.165) is 29.9 Å². The van der Waals surface area contributed by atoms with Crippen LogP contribution in [-0.4, -0.2) is 0 Å². The number of nitrogens with one attached hydrogen (secondary N) is 1. The van der Waals surface area contributed by atoms with Crippen molar-refractivity contribution < 1.29 is 4.42 Å². The van der Waals surface area contributed by atoms with Gasteiger partial charge in [0.1, 0.15) is 17.6 Å². The molecule has 3 N–H and O–H groups in total. The molecule has 0 bridgehead atoms. The first-order chi connectivity index (χ1) is 8.74. The highest BCUT2D eigenvalue weighted by Gasteiger charge is 2.15. The van der Waals surface area contributed by atoms with Crippen LogP contribution in [0.4, 0.5) is 0 Å². The van der Waals surface area contributed by atoms with Gasteiger partial charge < -0.3 is 4.42 Å². The number of aryl methyl sites for hydroxylation is 2. The molecular weight excluding hydrogens is 224 g/mol. The molecule has 0 saturated heterocycles. The van der Waals surface area contributed by atoms with Crippen molar-refractivity contribution in [2.45, 2.75) is 32.7 Å². The summed E-state index contributed by atoms with van der Waals surface area (Å²) in [6.45, 7) is 4.12. The van der Waals surface area contributed by atoms with Crippen molar-refractivity contribution in [3.8, 4) is 0 Å². The average Bonchev–Trinajstić information content (AvgIpc) is 2.79. The fourth-order valence-corrected chi connectivity index (χ4v) is 2.12. The zero-order chi connectivity index (χ0) is 13.0. The zero-order valence-electron chi connectivity index (χ0n) is 10.9. The van der Waals surface area contributed by atoms with Gasteiger partial charge in [-0.05, 0) is 36.6 Å². The van der Waals surface area contributed by atoms with Crippen molar-refractivity contribution in [2.24, 2.45) is 5.84 Å². The molecule has 1 heterocycles. The summed E-state index contributed by atoms with van der Waals surface area (Å²) >= 11 is 0. The highest BCUT2D eigenvalue weighted by molar-refractivity contribution is 5.30. The third-order valence-corrected chi connectivity index (χ3v) is 3.06. The van der Waals surface area contributed by atoms with Crippen LogP contribution in [0.2, 0.25) is 0 Å². The second-order valence-electron chi connectivity index (χ2n) is 4.54. The van der Waals surface area contributed by atoms with Gasteiger partial charge in [-0.2, -0.15) is 0 Å². The Morgan fingerprint density at radius 2 is 1.89 bits per heavy atom. The highest BCUT2D eigenvalue weighted by atomic mass is 16.3. The van der Waals surface area contributed by atoms with E-state index in [1.165, 1.54) is 5.56 Å². The molecule has 1 aromatic heterocycles. The van der Waals surface area contributed by atoms with Crippen LogP contribution in [0.3, 0.4) is 0 Å². The Labute approximate surface area is 108 Å². The fraction of sp³-hybridized carbons (Fsp3) is 0.333. The van der Waals surface area contributed by atoms with Gasteiger partial charge in [0, 0.05) is 0 Å². The highest BCUT2D eigenvalue weighted by Crippen LogP contribution is 2.23. The van der Waals surface area contributed by atoms with Crippen LogP contribution in [-0.2, 0) is 6.42 Å². The smallest absolute Gasteiger partial charge is 0.126 e. The summed E-state index contributed by atoms with van der Waals surface area (Å²) in [7, 11) is 0. The summed E-state index contributed by atoms with van der Waals surface area (Å²) in [4.78, 5) is 0. The Kier molecular flexibility index (Phi) is 4.18. The lowest BCUT2D eigenvalue weighted by Gasteiger charge is -2.14. The minimum atomic E-state index is -0.0885. The summed E-state index contributed by atoms with van der Waals surface area (Å²) < 4.78 is 5.63. The van der Waals surface area contributed by atoms with E-state index in [1.807, 2.05) is 19.1 Å². The molecule has 1 aromatic carbocycles. The molecule has 0 aliphatic heterocycles. The molecule has 3 heteroatoms. The van der Waals surface area contributed by atoms with E-state index in [9.17, 15) is 0 Å². The van der Waals surface area contributed by atoms with Crippen molar-refractivity contribution in [2.75, 3.05) is 0 Å². The zero-order valence-corrected chi connectivity index (χ0v) is 10.9. The largest absolute Gasteiger partial charge is 0.464 e. The van der Waals surface area contributed by atoms with E-state index in [4.69, 9.17) is 10.3 Å². The molecule has 0 saturated carbocycles. The molecule has 96 valence electrons. The van der Waals surface area contributed by atoms with E-state index >= 15 is 0 Å². The Balaban J connectivity index is 2.22. The van der Waals surface area contributed by atoms with Gasteiger partial charge in [0.15, 0.2) is 0 Å². The quantitative estimate of drug-likeness (QED) is 0.627. The Hall–Kier alpha value is -1.58. The Morgan fingerprint density at radius 3 is 2.39 bits per heavy atom. The molecule has 2 aromatic rings. The molecule has 18 heavy (non-hydrogen) atoms. The van der Waals surface area contributed by atoms with Gasteiger partial charge in [0.25, 0.3) is 0 Å². The molecule has 3 nitrogen and oxygen atoms in total. The lowest BCUT2D eigenvalue weighted by Crippen LogP contribution is -2.28. The van der Waals surface area contributed by atoms with E-state index in [1.54, 1.807) is 0 Å². The summed E-state index contributed by atoms with van der Waals surface area (Å²) in [5, 5.41) is 0. The molecule has 0 aliphatic carbocycles. The first-order valence-electron chi connectivity index (χ1n) is 6.36. The summed E-state index contributed by atoms with van der Waals surface area (Å²) in [6, 6.07) is 12.3. The van der Waals surface area contributed by atoms with Crippen molar-refractivity contribution in [1.82, 2.24) is 5.43 Å². The van der Waals surface area contributed by atoms with E-state index < -0.39 is 0 Å². The third kappa shape index (κ3) is 2.81. The van der Waals surface area contributed by atoms with Crippen LogP contribution < -0.4 is 11.3 Å². The monoisotopic (exact) mass is 244 g/mol. The maximum absolute atomic E-state index is 5.63. The lowest BCUT2D eigenvalue weighted by atomic mass is 10.0. The molecule has 1 atom stereocenters. The predicted molar refractivity (Wildman–Crippen MR) is 73.0 cm³/mol. The first kappa shape index (κ1) is 12.9. The average molecular weight is 244 g/mol. The van der Waals surface area contributed by atoms with Crippen LogP contribution in [0.5, 0.6) is 0 Å². The maximum atomic E-state index is 5.63. The topological polar surface area (TPSA) is 51.2 Å². The van der Waals surface area contributed by atoms with Gasteiger partial charge in [0.2, 0.25) is 0 Å². The van der Waals surface area contributed by atoms with Gasteiger partial charge in [-0.15, -0.1) is 0 Å². The number of furan rings is 1.